The Bertz CT molecular complexity index is 2370. The minimum Gasteiger partial charge on any atom is -0.508 e. The van der Waals surface area contributed by atoms with E-state index in [9.17, 15) is 34.6 Å². The van der Waals surface area contributed by atoms with Crippen LogP contribution < -0.4 is 15.4 Å². The predicted molar refractivity (Wildman–Crippen MR) is 197 cm³/mol. The van der Waals surface area contributed by atoms with Crippen LogP contribution in [-0.4, -0.2) is 99.6 Å². The summed E-state index contributed by atoms with van der Waals surface area (Å²) in [5, 5.41) is 47.3. The van der Waals surface area contributed by atoms with E-state index in [0.29, 0.717) is 53.2 Å². The third-order valence-corrected chi connectivity index (χ3v) is 10.6. The number of phosphoric acid groups is 1. The van der Waals surface area contributed by atoms with Crippen molar-refractivity contribution in [1.82, 2.24) is 24.8 Å². The summed E-state index contributed by atoms with van der Waals surface area (Å²) < 4.78 is 34.6. The molecule has 8 rings (SSSR count). The zero-order valence-corrected chi connectivity index (χ0v) is 30.8. The molecular formula is C37H37N6O13P. The molecule has 1 spiro atoms. The van der Waals surface area contributed by atoms with Gasteiger partial charge in [0.2, 0.25) is 0 Å². The molecule has 3 aromatic carbocycles. The van der Waals surface area contributed by atoms with Gasteiger partial charge in [0, 0.05) is 47.5 Å². The van der Waals surface area contributed by atoms with E-state index in [1.165, 1.54) is 47.6 Å². The minimum atomic E-state index is -4.82. The van der Waals surface area contributed by atoms with Crippen molar-refractivity contribution in [2.24, 2.45) is 0 Å². The maximum atomic E-state index is 13.4. The van der Waals surface area contributed by atoms with Crippen LogP contribution in [0.4, 0.5) is 5.82 Å². The first-order chi connectivity index (χ1) is 27.3. The second kappa shape index (κ2) is 15.0. The van der Waals surface area contributed by atoms with E-state index < -0.39 is 50.5 Å². The number of hydrogen-bond donors (Lipinski definition) is 8. The highest BCUT2D eigenvalue weighted by Crippen LogP contribution is 2.57. The van der Waals surface area contributed by atoms with Crippen LogP contribution >= 0.6 is 7.82 Å². The SMILES string of the molecule is O=C(NCCCCCCNc1ncnc2c1ncn2[C@@H]1O[C@H](COP(=O)(O)O)[C@@H](O)[C@H]1O)c1ccc2c(c1)C(=O)OC21c2ccc(O)cc2Oc2cc(O)ccc21. The van der Waals surface area contributed by atoms with E-state index in [2.05, 4.69) is 30.1 Å². The van der Waals surface area contributed by atoms with Crippen LogP contribution in [0.2, 0.25) is 0 Å². The molecule has 0 unspecified atom stereocenters. The number of aromatic hydroxyl groups is 2. The number of esters is 1. The summed E-state index contributed by atoms with van der Waals surface area (Å²) >= 11 is 0. The van der Waals surface area contributed by atoms with Crippen LogP contribution in [0.5, 0.6) is 23.0 Å². The van der Waals surface area contributed by atoms with Gasteiger partial charge in [-0.1, -0.05) is 18.9 Å². The minimum absolute atomic E-state index is 0.0506. The molecule has 0 bridgehead atoms. The van der Waals surface area contributed by atoms with Gasteiger partial charge < -0.3 is 55.1 Å². The number of imidazole rings is 1. The number of aromatic nitrogens is 4. The van der Waals surface area contributed by atoms with Gasteiger partial charge in [-0.05, 0) is 49.2 Å². The van der Waals surface area contributed by atoms with Crippen molar-refractivity contribution < 1.29 is 63.1 Å². The largest absolute Gasteiger partial charge is 0.508 e. The van der Waals surface area contributed by atoms with Gasteiger partial charge in [0.05, 0.1) is 18.5 Å². The second-order valence-electron chi connectivity index (χ2n) is 13.8. The Labute approximate surface area is 323 Å². The molecule has 8 N–H and O–H groups in total. The molecule has 1 amide bonds. The topological polar surface area (TPSA) is 277 Å². The molecule has 1 saturated heterocycles. The molecule has 0 aliphatic carbocycles. The maximum Gasteiger partial charge on any atom is 0.469 e. The Balaban J connectivity index is 0.833. The summed E-state index contributed by atoms with van der Waals surface area (Å²) in [5.41, 5.74) is 1.25. The summed E-state index contributed by atoms with van der Waals surface area (Å²) in [6, 6.07) is 13.8. The first kappa shape index (κ1) is 38.2. The molecule has 2 aromatic heterocycles. The van der Waals surface area contributed by atoms with Crippen molar-refractivity contribution in [3.8, 4) is 23.0 Å². The summed E-state index contributed by atoms with van der Waals surface area (Å²) in [6.07, 6.45) is 0.499. The number of phenolic OH excluding ortho intramolecular Hbond substituents is 2. The molecule has 19 nitrogen and oxygen atoms in total. The van der Waals surface area contributed by atoms with Crippen molar-refractivity contribution in [3.05, 3.63) is 95.1 Å². The zero-order valence-electron chi connectivity index (χ0n) is 29.9. The second-order valence-corrected chi connectivity index (χ2v) is 15.0. The monoisotopic (exact) mass is 804 g/mol. The average Bonchev–Trinajstić information content (AvgIpc) is 3.82. The fraction of sp³-hybridized carbons (Fsp3) is 0.324. The molecule has 3 aliphatic heterocycles. The first-order valence-corrected chi connectivity index (χ1v) is 19.5. The van der Waals surface area contributed by atoms with Crippen LogP contribution in [0.15, 0.2) is 67.3 Å². The van der Waals surface area contributed by atoms with Gasteiger partial charge in [0.25, 0.3) is 5.91 Å². The Kier molecular flexibility index (Phi) is 10.1. The fourth-order valence-electron chi connectivity index (χ4n) is 7.40. The number of ether oxygens (including phenoxy) is 3. The van der Waals surface area contributed by atoms with Gasteiger partial charge in [-0.15, -0.1) is 0 Å². The van der Waals surface area contributed by atoms with E-state index in [1.54, 1.807) is 24.3 Å². The number of phosphoric ester groups is 1. The van der Waals surface area contributed by atoms with E-state index in [0.717, 1.165) is 19.3 Å². The van der Waals surface area contributed by atoms with Crippen molar-refractivity contribution in [2.75, 3.05) is 25.0 Å². The number of hydrogen-bond acceptors (Lipinski definition) is 15. The van der Waals surface area contributed by atoms with Gasteiger partial charge in [-0.2, -0.15) is 0 Å². The molecular weight excluding hydrogens is 767 g/mol. The maximum absolute atomic E-state index is 13.4. The van der Waals surface area contributed by atoms with Crippen molar-refractivity contribution >= 4 is 36.7 Å². The number of amides is 1. The molecule has 0 saturated carbocycles. The molecule has 20 heteroatoms. The van der Waals surface area contributed by atoms with Gasteiger partial charge in [0.15, 0.2) is 28.8 Å². The number of phenols is 2. The van der Waals surface area contributed by atoms with Crippen LogP contribution in [-0.2, 0) is 24.2 Å². The summed E-state index contributed by atoms with van der Waals surface area (Å²) in [7, 11) is -4.82. The predicted octanol–water partition coefficient (Wildman–Crippen LogP) is 2.94. The molecule has 1 fully saturated rings. The van der Waals surface area contributed by atoms with Crippen LogP contribution in [0.1, 0.15) is 69.3 Å². The number of fused-ring (bicyclic) bond motifs is 7. The van der Waals surface area contributed by atoms with Crippen molar-refractivity contribution in [1.29, 1.82) is 0 Å². The van der Waals surface area contributed by atoms with Crippen LogP contribution in [0, 0.1) is 0 Å². The third kappa shape index (κ3) is 7.14. The number of anilines is 1. The van der Waals surface area contributed by atoms with E-state index in [1.807, 2.05) is 0 Å². The smallest absolute Gasteiger partial charge is 0.469 e. The van der Waals surface area contributed by atoms with Gasteiger partial charge in [-0.25, -0.2) is 24.3 Å². The van der Waals surface area contributed by atoms with Crippen LogP contribution in [0.3, 0.4) is 0 Å². The highest BCUT2D eigenvalue weighted by molar-refractivity contribution is 7.46. The number of carbonyl (C=O) groups is 2. The number of nitrogens with one attached hydrogen (secondary N) is 2. The van der Waals surface area contributed by atoms with Crippen molar-refractivity contribution in [2.45, 2.75) is 55.8 Å². The lowest BCUT2D eigenvalue weighted by atomic mass is 9.77. The van der Waals surface area contributed by atoms with Gasteiger partial charge in [-0.3, -0.25) is 13.9 Å². The lowest BCUT2D eigenvalue weighted by Gasteiger charge is -2.36. The average molecular weight is 805 g/mol. The molecule has 0 radical (unpaired) electrons. The third-order valence-electron chi connectivity index (χ3n) is 10.1. The summed E-state index contributed by atoms with van der Waals surface area (Å²) in [6.45, 7) is 0.311. The molecule has 4 atom stereocenters. The molecule has 5 heterocycles. The normalized spacial score (nSPS) is 20.5. The molecule has 5 aromatic rings. The standard InChI is InChI=1S/C37H37N6O13P/c44-20-6-9-24-26(14-20)54-27-15-21(45)7-10-25(27)37(24)23-8-5-19(13-22(23)36(49)56-37)34(48)39-12-4-2-1-3-11-38-32-29-33(41-17-40-32)43(18-42-29)35-31(47)30(46)28(55-35)16-53-57(50,51)52/h5-10,13-15,17-18,28,30-31,35,44-47H,1-4,11-12,16H2,(H,39,48)(H,38,40,41)(H2,50,51,52)/t28-,30-,31-,35-/m1/s1. The number of rotatable bonds is 13. The Morgan fingerprint density at radius 2 is 1.56 bits per heavy atom. The zero-order chi connectivity index (χ0) is 40.1. The number of benzene rings is 3. The molecule has 57 heavy (non-hydrogen) atoms. The number of aliphatic hydroxyl groups is 2. The number of carbonyl (C=O) groups excluding carboxylic acids is 2. The molecule has 3 aliphatic rings. The van der Waals surface area contributed by atoms with E-state index >= 15 is 0 Å². The lowest BCUT2D eigenvalue weighted by Crippen LogP contribution is -2.33. The van der Waals surface area contributed by atoms with Crippen molar-refractivity contribution in [3.63, 3.8) is 0 Å². The fourth-order valence-corrected chi connectivity index (χ4v) is 7.74. The first-order valence-electron chi connectivity index (χ1n) is 18.0. The Morgan fingerprint density at radius 1 is 0.877 bits per heavy atom. The number of unbranched alkanes of at least 4 members (excludes halogenated alkanes) is 3. The lowest BCUT2D eigenvalue weighted by molar-refractivity contribution is -0.0504. The van der Waals surface area contributed by atoms with Gasteiger partial charge >= 0.3 is 13.8 Å². The van der Waals surface area contributed by atoms with Crippen LogP contribution in [0.25, 0.3) is 11.2 Å². The Morgan fingerprint density at radius 3 is 2.26 bits per heavy atom. The van der Waals surface area contributed by atoms with E-state index in [-0.39, 0.29) is 40.0 Å². The molecule has 298 valence electrons. The number of nitrogens with zero attached hydrogens (tertiary/aromatic N) is 4. The number of aliphatic hydroxyl groups excluding tert-OH is 2. The summed E-state index contributed by atoms with van der Waals surface area (Å²) in [5.74, 6) is -0.122. The quantitative estimate of drug-likeness (QED) is 0.0483. The van der Waals surface area contributed by atoms with E-state index in [4.69, 9.17) is 24.0 Å². The highest BCUT2D eigenvalue weighted by Gasteiger charge is 2.54. The van der Waals surface area contributed by atoms with Gasteiger partial charge in [0.1, 0.15) is 47.6 Å². The highest BCUT2D eigenvalue weighted by atomic mass is 31.2. The summed E-state index contributed by atoms with van der Waals surface area (Å²) in [4.78, 5) is 57.3. The Hall–Kier alpha value is -5.66.